The van der Waals surface area contributed by atoms with Crippen molar-refractivity contribution in [2.45, 2.75) is 19.6 Å². The van der Waals surface area contributed by atoms with E-state index in [1.54, 1.807) is 24.3 Å². The molecule has 8 nitrogen and oxygen atoms in total. The van der Waals surface area contributed by atoms with Crippen molar-refractivity contribution in [1.82, 2.24) is 9.97 Å². The lowest BCUT2D eigenvalue weighted by molar-refractivity contribution is -0.157. The van der Waals surface area contributed by atoms with Crippen LogP contribution in [0.15, 0.2) is 35.1 Å². The average molecular weight is 390 g/mol. The zero-order chi connectivity index (χ0) is 20.7. The molecule has 3 heterocycles. The van der Waals surface area contributed by atoms with E-state index in [1.165, 1.54) is 6.07 Å². The number of fused-ring (bicyclic) bond motifs is 2. The van der Waals surface area contributed by atoms with Crippen LogP contribution >= 0.6 is 0 Å². The Hall–Kier alpha value is -3.96. The number of ether oxygens (including phenoxy) is 2. The van der Waals surface area contributed by atoms with Crippen LogP contribution in [-0.2, 0) is 20.9 Å². The smallest absolute Gasteiger partial charge is 0.389 e. The van der Waals surface area contributed by atoms with Crippen molar-refractivity contribution in [3.05, 3.63) is 57.4 Å². The molecule has 8 heteroatoms. The van der Waals surface area contributed by atoms with Gasteiger partial charge in [0.25, 0.3) is 5.56 Å². The molecule has 0 spiro atoms. The van der Waals surface area contributed by atoms with E-state index in [4.69, 9.17) is 15.9 Å². The summed E-state index contributed by atoms with van der Waals surface area (Å²) in [4.78, 5) is 42.5. The fourth-order valence-electron chi connectivity index (χ4n) is 3.20. The van der Waals surface area contributed by atoms with Crippen molar-refractivity contribution in [3.8, 4) is 29.5 Å². The molecule has 0 bridgehead atoms. The fourth-order valence-corrected chi connectivity index (χ4v) is 3.20. The second-order valence-corrected chi connectivity index (χ2v) is 6.49. The molecule has 1 aliphatic heterocycles. The Bertz CT molecular complexity index is 1280. The molecule has 0 aliphatic carbocycles. The highest BCUT2D eigenvalue weighted by Crippen LogP contribution is 2.29. The lowest BCUT2D eigenvalue weighted by Crippen LogP contribution is -2.29. The van der Waals surface area contributed by atoms with Crippen LogP contribution in [-0.4, -0.2) is 27.0 Å². The quantitative estimate of drug-likeness (QED) is 0.295. The topological polar surface area (TPSA) is 119 Å². The number of carbonyl (C=O) groups excluding carboxylic acids is 2. The highest BCUT2D eigenvalue weighted by atomic mass is 16.5. The number of esters is 2. The first-order valence-electron chi connectivity index (χ1n) is 8.58. The molecule has 0 saturated heterocycles. The third-order valence-electron chi connectivity index (χ3n) is 4.64. The van der Waals surface area contributed by atoms with Crippen LogP contribution in [0.1, 0.15) is 22.8 Å². The Morgan fingerprint density at radius 1 is 1.34 bits per heavy atom. The Kier molecular flexibility index (Phi) is 4.37. The molecule has 1 atom stereocenters. The van der Waals surface area contributed by atoms with Crippen LogP contribution in [0, 0.1) is 19.3 Å². The summed E-state index contributed by atoms with van der Waals surface area (Å²) < 4.78 is 9.81. The number of H-pyrrole nitrogens is 1. The molecule has 0 fully saturated rings. The van der Waals surface area contributed by atoms with Crippen molar-refractivity contribution < 1.29 is 24.2 Å². The third kappa shape index (κ3) is 3.24. The number of aliphatic hydroxyl groups is 1. The van der Waals surface area contributed by atoms with E-state index >= 15 is 0 Å². The number of carbonyl (C=O) groups is 2. The number of hydrogen-bond donors (Lipinski definition) is 2. The van der Waals surface area contributed by atoms with Gasteiger partial charge in [0.1, 0.15) is 12.4 Å². The van der Waals surface area contributed by atoms with Gasteiger partial charge in [-0.25, -0.2) is 14.6 Å². The number of pyridine rings is 2. The van der Waals surface area contributed by atoms with Gasteiger partial charge in [0.05, 0.1) is 22.5 Å². The van der Waals surface area contributed by atoms with E-state index in [1.807, 2.05) is 12.8 Å². The standard InChI is InChI=1S/C21H14N2O6/c1-3-18(24)29-11-4-5-15-12(7-11)10(2)6-16(22-15)17-8-13-14(20(26)23-17)9-28-21(27)19(13)25/h1,4-8,19,25H,9H2,2H3,(H,23,26). The second-order valence-electron chi connectivity index (χ2n) is 6.49. The first-order chi connectivity index (χ1) is 13.9. The van der Waals surface area contributed by atoms with Gasteiger partial charge in [-0.15, -0.1) is 6.42 Å². The van der Waals surface area contributed by atoms with Gasteiger partial charge in [-0.2, -0.15) is 0 Å². The van der Waals surface area contributed by atoms with E-state index in [2.05, 4.69) is 9.97 Å². The Morgan fingerprint density at radius 2 is 2.14 bits per heavy atom. The van der Waals surface area contributed by atoms with Gasteiger partial charge in [-0.05, 0) is 42.8 Å². The van der Waals surface area contributed by atoms with Crippen LogP contribution in [0.25, 0.3) is 22.3 Å². The number of aromatic amines is 1. The van der Waals surface area contributed by atoms with Crippen LogP contribution in [0.4, 0.5) is 0 Å². The minimum atomic E-state index is -1.52. The van der Waals surface area contributed by atoms with Crippen LogP contribution < -0.4 is 10.3 Å². The molecule has 0 radical (unpaired) electrons. The van der Waals surface area contributed by atoms with E-state index in [9.17, 15) is 19.5 Å². The predicted molar refractivity (Wildman–Crippen MR) is 102 cm³/mol. The highest BCUT2D eigenvalue weighted by molar-refractivity contribution is 5.91. The molecule has 2 aromatic heterocycles. The number of hydrogen-bond acceptors (Lipinski definition) is 7. The second kappa shape index (κ2) is 6.89. The summed E-state index contributed by atoms with van der Waals surface area (Å²) >= 11 is 0. The number of nitrogens with zero attached hydrogens (tertiary/aromatic N) is 1. The summed E-state index contributed by atoms with van der Waals surface area (Å²) in [6, 6.07) is 8.13. The van der Waals surface area contributed by atoms with Crippen LogP contribution in [0.2, 0.25) is 0 Å². The SMILES string of the molecule is C#CC(=O)Oc1ccc2nc(-c3cc4c(c(=O)[nH]3)COC(=O)C4O)cc(C)c2c1. The highest BCUT2D eigenvalue weighted by Gasteiger charge is 2.30. The maximum Gasteiger partial charge on any atom is 0.389 e. The van der Waals surface area contributed by atoms with Crippen LogP contribution in [0.5, 0.6) is 5.75 Å². The molecule has 29 heavy (non-hydrogen) atoms. The normalized spacial score (nSPS) is 15.3. The van der Waals surface area contributed by atoms with E-state index < -0.39 is 23.6 Å². The zero-order valence-corrected chi connectivity index (χ0v) is 15.2. The minimum absolute atomic E-state index is 0.190. The largest absolute Gasteiger partial charge is 0.458 e. The van der Waals surface area contributed by atoms with Gasteiger partial charge >= 0.3 is 11.9 Å². The molecule has 0 amide bonds. The van der Waals surface area contributed by atoms with Crippen molar-refractivity contribution in [3.63, 3.8) is 0 Å². The van der Waals surface area contributed by atoms with Crippen molar-refractivity contribution >= 4 is 22.8 Å². The zero-order valence-electron chi connectivity index (χ0n) is 15.2. The Balaban J connectivity index is 1.81. The number of aromatic nitrogens is 2. The van der Waals surface area contributed by atoms with Gasteiger partial charge in [0.15, 0.2) is 6.10 Å². The molecular weight excluding hydrogens is 376 g/mol. The fraction of sp³-hybridized carbons (Fsp3) is 0.143. The number of cyclic esters (lactones) is 1. The van der Waals surface area contributed by atoms with E-state index in [0.29, 0.717) is 22.7 Å². The van der Waals surface area contributed by atoms with Crippen molar-refractivity contribution in [1.29, 1.82) is 0 Å². The number of terminal acetylenes is 1. The number of rotatable bonds is 2. The summed E-state index contributed by atoms with van der Waals surface area (Å²) in [5.74, 6) is 0.577. The summed E-state index contributed by atoms with van der Waals surface area (Å²) in [5.41, 5.74) is 2.17. The van der Waals surface area contributed by atoms with Crippen LogP contribution in [0.3, 0.4) is 0 Å². The summed E-state index contributed by atoms with van der Waals surface area (Å²) in [7, 11) is 0. The van der Waals surface area contributed by atoms with Gasteiger partial charge in [-0.1, -0.05) is 0 Å². The molecule has 1 aromatic carbocycles. The van der Waals surface area contributed by atoms with Gasteiger partial charge in [0, 0.05) is 16.9 Å². The number of aliphatic hydroxyl groups excluding tert-OH is 1. The summed E-state index contributed by atoms with van der Waals surface area (Å²) in [6.45, 7) is 1.65. The lowest BCUT2D eigenvalue weighted by atomic mass is 10.00. The van der Waals surface area contributed by atoms with Crippen molar-refractivity contribution in [2.75, 3.05) is 0 Å². The Labute approximate surface area is 164 Å². The monoisotopic (exact) mass is 390 g/mol. The maximum atomic E-state index is 12.4. The molecular formula is C21H14N2O6. The minimum Gasteiger partial charge on any atom is -0.458 e. The molecule has 1 aliphatic rings. The third-order valence-corrected chi connectivity index (χ3v) is 4.64. The van der Waals surface area contributed by atoms with E-state index in [0.717, 1.165) is 10.9 Å². The first-order valence-corrected chi connectivity index (χ1v) is 8.58. The molecule has 4 rings (SSSR count). The average Bonchev–Trinajstić information content (AvgIpc) is 2.71. The summed E-state index contributed by atoms with van der Waals surface area (Å²) in [6.07, 6.45) is 3.49. The number of benzene rings is 1. The predicted octanol–water partition coefficient (Wildman–Crippen LogP) is 1.53. The van der Waals surface area contributed by atoms with E-state index in [-0.39, 0.29) is 17.7 Å². The molecule has 144 valence electrons. The molecule has 0 saturated carbocycles. The number of nitrogens with one attached hydrogen (secondary N) is 1. The first kappa shape index (κ1) is 18.4. The lowest BCUT2D eigenvalue weighted by Gasteiger charge is -2.20. The molecule has 3 aromatic rings. The maximum absolute atomic E-state index is 12.4. The number of aryl methyl sites for hydroxylation is 1. The van der Waals surface area contributed by atoms with Crippen molar-refractivity contribution in [2.24, 2.45) is 0 Å². The summed E-state index contributed by atoms with van der Waals surface area (Å²) in [5, 5.41) is 10.8. The van der Waals surface area contributed by atoms with Gasteiger partial charge in [0.2, 0.25) is 0 Å². The molecule has 1 unspecified atom stereocenters. The van der Waals surface area contributed by atoms with Gasteiger partial charge in [-0.3, -0.25) is 4.79 Å². The van der Waals surface area contributed by atoms with Gasteiger partial charge < -0.3 is 19.6 Å². The molecule has 2 N–H and O–H groups in total. The Morgan fingerprint density at radius 3 is 2.90 bits per heavy atom.